The van der Waals surface area contributed by atoms with Crippen molar-refractivity contribution < 1.29 is 8.81 Å². The van der Waals surface area contributed by atoms with Crippen LogP contribution >= 0.6 is 11.6 Å². The number of halogens is 2. The van der Waals surface area contributed by atoms with Gasteiger partial charge in [-0.15, -0.1) is 0 Å². The van der Waals surface area contributed by atoms with Crippen LogP contribution < -0.4 is 5.32 Å². The first-order valence-electron chi connectivity index (χ1n) is 6.83. The predicted molar refractivity (Wildman–Crippen MR) is 79.6 cm³/mol. The van der Waals surface area contributed by atoms with E-state index in [1.807, 2.05) is 25.1 Å². The molecule has 2 rings (SSSR count). The van der Waals surface area contributed by atoms with Crippen LogP contribution in [0.3, 0.4) is 0 Å². The monoisotopic (exact) mass is 295 g/mol. The minimum Gasteiger partial charge on any atom is -0.465 e. The zero-order valence-corrected chi connectivity index (χ0v) is 12.5. The second-order valence-electron chi connectivity index (χ2n) is 4.91. The van der Waals surface area contributed by atoms with Gasteiger partial charge in [-0.3, -0.25) is 0 Å². The largest absolute Gasteiger partial charge is 0.465 e. The first kappa shape index (κ1) is 15.1. The molecule has 2 nitrogen and oxygen atoms in total. The van der Waals surface area contributed by atoms with Crippen LogP contribution in [0.1, 0.15) is 36.5 Å². The highest BCUT2D eigenvalue weighted by Gasteiger charge is 2.15. The van der Waals surface area contributed by atoms with Crippen LogP contribution in [0.2, 0.25) is 5.02 Å². The number of hydrogen-bond acceptors (Lipinski definition) is 2. The van der Waals surface area contributed by atoms with Gasteiger partial charge in [0.2, 0.25) is 0 Å². The third-order valence-electron chi connectivity index (χ3n) is 3.17. The zero-order chi connectivity index (χ0) is 14.5. The van der Waals surface area contributed by atoms with Crippen molar-refractivity contribution in [1.29, 1.82) is 0 Å². The van der Waals surface area contributed by atoms with E-state index in [0.717, 1.165) is 30.0 Å². The van der Waals surface area contributed by atoms with E-state index in [1.165, 1.54) is 6.07 Å². The topological polar surface area (TPSA) is 25.2 Å². The fourth-order valence-corrected chi connectivity index (χ4v) is 2.25. The average Bonchev–Trinajstić information content (AvgIpc) is 2.85. The molecule has 0 saturated heterocycles. The first-order valence-corrected chi connectivity index (χ1v) is 7.21. The summed E-state index contributed by atoms with van der Waals surface area (Å²) < 4.78 is 19.2. The Morgan fingerprint density at radius 2 is 2.10 bits per heavy atom. The Bertz CT molecular complexity index is 567. The molecule has 2 aromatic rings. The van der Waals surface area contributed by atoms with Gasteiger partial charge in [-0.2, -0.15) is 0 Å². The summed E-state index contributed by atoms with van der Waals surface area (Å²) in [6.45, 7) is 4.92. The summed E-state index contributed by atoms with van der Waals surface area (Å²) in [5, 5.41) is 3.59. The summed E-state index contributed by atoms with van der Waals surface area (Å²) in [4.78, 5) is 0. The van der Waals surface area contributed by atoms with Gasteiger partial charge in [0.25, 0.3) is 0 Å². The molecule has 20 heavy (non-hydrogen) atoms. The van der Waals surface area contributed by atoms with Gasteiger partial charge in [0.15, 0.2) is 0 Å². The van der Waals surface area contributed by atoms with Gasteiger partial charge in [-0.05, 0) is 56.1 Å². The van der Waals surface area contributed by atoms with Gasteiger partial charge in [0.05, 0.1) is 11.1 Å². The van der Waals surface area contributed by atoms with Crippen molar-refractivity contribution in [3.05, 3.63) is 58.3 Å². The van der Waals surface area contributed by atoms with Crippen molar-refractivity contribution in [2.75, 3.05) is 6.54 Å². The average molecular weight is 296 g/mol. The Morgan fingerprint density at radius 1 is 1.30 bits per heavy atom. The van der Waals surface area contributed by atoms with E-state index in [4.69, 9.17) is 16.0 Å². The third-order valence-corrected chi connectivity index (χ3v) is 3.48. The lowest BCUT2D eigenvalue weighted by molar-refractivity contribution is 0.398. The van der Waals surface area contributed by atoms with Crippen molar-refractivity contribution in [1.82, 2.24) is 5.32 Å². The van der Waals surface area contributed by atoms with Gasteiger partial charge >= 0.3 is 0 Å². The van der Waals surface area contributed by atoms with Crippen LogP contribution in [-0.4, -0.2) is 6.54 Å². The predicted octanol–water partition coefficient (Wildman–Crippen LogP) is 4.66. The smallest absolute Gasteiger partial charge is 0.142 e. The summed E-state index contributed by atoms with van der Waals surface area (Å²) in [7, 11) is 0. The summed E-state index contributed by atoms with van der Waals surface area (Å²) in [6, 6.07) is 8.88. The maximum absolute atomic E-state index is 13.5. The molecule has 1 aromatic heterocycles. The van der Waals surface area contributed by atoms with Gasteiger partial charge in [0, 0.05) is 0 Å². The fraction of sp³-hybridized carbons (Fsp3) is 0.375. The van der Waals surface area contributed by atoms with E-state index >= 15 is 0 Å². The number of rotatable bonds is 6. The van der Waals surface area contributed by atoms with Crippen LogP contribution in [0.25, 0.3) is 0 Å². The van der Waals surface area contributed by atoms with Gasteiger partial charge in [-0.25, -0.2) is 4.39 Å². The summed E-state index contributed by atoms with van der Waals surface area (Å²) >= 11 is 5.71. The van der Waals surface area contributed by atoms with Crippen LogP contribution in [-0.2, 0) is 6.42 Å². The molecule has 108 valence electrons. The number of nitrogens with one attached hydrogen (secondary N) is 1. The minimum atomic E-state index is -0.381. The molecule has 0 aliphatic carbocycles. The molecule has 0 amide bonds. The van der Waals surface area contributed by atoms with Gasteiger partial charge in [-0.1, -0.05) is 24.6 Å². The highest BCUT2D eigenvalue weighted by Crippen LogP contribution is 2.23. The fourth-order valence-electron chi connectivity index (χ4n) is 2.13. The van der Waals surface area contributed by atoms with Crippen LogP contribution in [0.4, 0.5) is 4.39 Å². The van der Waals surface area contributed by atoms with Gasteiger partial charge in [0.1, 0.15) is 17.3 Å². The molecule has 0 aliphatic rings. The minimum absolute atomic E-state index is 0.0456. The molecular weight excluding hydrogens is 277 g/mol. The van der Waals surface area contributed by atoms with Crippen molar-refractivity contribution in [3.63, 3.8) is 0 Å². The third kappa shape index (κ3) is 3.84. The summed E-state index contributed by atoms with van der Waals surface area (Å²) in [5.41, 5.74) is 0.898. The van der Waals surface area contributed by atoms with Crippen molar-refractivity contribution in [3.8, 4) is 0 Å². The number of benzene rings is 1. The Balaban J connectivity index is 2.16. The number of aryl methyl sites for hydroxylation is 1. The zero-order valence-electron chi connectivity index (χ0n) is 11.7. The molecule has 1 N–H and O–H groups in total. The molecule has 1 atom stereocenters. The lowest BCUT2D eigenvalue weighted by Crippen LogP contribution is -2.23. The molecular formula is C16H19ClFNO. The molecule has 0 fully saturated rings. The molecule has 0 saturated carbocycles. The van der Waals surface area contributed by atoms with E-state index in [-0.39, 0.29) is 16.9 Å². The first-order chi connectivity index (χ1) is 9.60. The molecule has 0 spiro atoms. The lowest BCUT2D eigenvalue weighted by Gasteiger charge is -2.16. The molecule has 0 aliphatic heterocycles. The molecule has 0 radical (unpaired) electrons. The van der Waals surface area contributed by atoms with Gasteiger partial charge < -0.3 is 9.73 Å². The highest BCUT2D eigenvalue weighted by molar-refractivity contribution is 6.30. The molecule has 1 heterocycles. The van der Waals surface area contributed by atoms with E-state index in [1.54, 1.807) is 6.07 Å². The Morgan fingerprint density at radius 3 is 2.70 bits per heavy atom. The molecule has 0 bridgehead atoms. The quantitative estimate of drug-likeness (QED) is 0.838. The van der Waals surface area contributed by atoms with E-state index in [0.29, 0.717) is 6.42 Å². The van der Waals surface area contributed by atoms with Crippen LogP contribution in [0, 0.1) is 12.7 Å². The second-order valence-corrected chi connectivity index (χ2v) is 5.31. The summed E-state index contributed by atoms with van der Waals surface area (Å²) in [5.74, 6) is 1.38. The van der Waals surface area contributed by atoms with Crippen LogP contribution in [0.5, 0.6) is 0 Å². The maximum atomic E-state index is 13.5. The molecule has 1 aromatic carbocycles. The SMILES string of the molecule is CCCNC(Cc1ccc(Cl)c(F)c1)c1ccc(C)o1. The normalized spacial score (nSPS) is 12.6. The standard InChI is InChI=1S/C16H19ClFNO/c1-3-8-19-15(16-7-4-11(2)20-16)10-12-5-6-13(17)14(18)9-12/h4-7,9,15,19H,3,8,10H2,1-2H3. The van der Waals surface area contributed by atoms with Crippen molar-refractivity contribution in [2.24, 2.45) is 0 Å². The second kappa shape index (κ2) is 6.91. The number of hydrogen-bond donors (Lipinski definition) is 1. The number of furan rings is 1. The highest BCUT2D eigenvalue weighted by atomic mass is 35.5. The van der Waals surface area contributed by atoms with E-state index in [9.17, 15) is 4.39 Å². The lowest BCUT2D eigenvalue weighted by atomic mass is 10.0. The molecule has 4 heteroatoms. The Kier molecular flexibility index (Phi) is 5.21. The summed E-state index contributed by atoms with van der Waals surface area (Å²) in [6.07, 6.45) is 1.70. The van der Waals surface area contributed by atoms with E-state index in [2.05, 4.69) is 12.2 Å². The van der Waals surface area contributed by atoms with Crippen molar-refractivity contribution in [2.45, 2.75) is 32.7 Å². The Labute approximate surface area is 123 Å². The van der Waals surface area contributed by atoms with E-state index < -0.39 is 0 Å². The Hall–Kier alpha value is -1.32. The van der Waals surface area contributed by atoms with Crippen molar-refractivity contribution >= 4 is 11.6 Å². The maximum Gasteiger partial charge on any atom is 0.142 e. The van der Waals surface area contributed by atoms with Crippen LogP contribution in [0.15, 0.2) is 34.7 Å². The molecule has 1 unspecified atom stereocenters.